The van der Waals surface area contributed by atoms with Gasteiger partial charge in [-0.2, -0.15) is 0 Å². The molecule has 2 rings (SSSR count). The minimum atomic E-state index is -0.281. The average molecular weight is 264 g/mol. The molecule has 1 aliphatic carbocycles. The van der Waals surface area contributed by atoms with Crippen molar-refractivity contribution in [1.82, 2.24) is 15.2 Å². The molecule has 104 valence electrons. The van der Waals surface area contributed by atoms with Gasteiger partial charge in [-0.15, -0.1) is 0 Å². The van der Waals surface area contributed by atoms with E-state index in [1.165, 1.54) is 0 Å². The first-order valence-electron chi connectivity index (χ1n) is 6.52. The summed E-state index contributed by atoms with van der Waals surface area (Å²) < 4.78 is 1.80. The van der Waals surface area contributed by atoms with Crippen LogP contribution >= 0.6 is 0 Å². The fourth-order valence-corrected chi connectivity index (χ4v) is 1.87. The highest BCUT2D eigenvalue weighted by atomic mass is 16.2. The zero-order chi connectivity index (χ0) is 14.0. The van der Waals surface area contributed by atoms with Crippen molar-refractivity contribution in [2.24, 2.45) is 0 Å². The number of hydrogen-bond donors (Lipinski definition) is 3. The monoisotopic (exact) mass is 264 g/mol. The van der Waals surface area contributed by atoms with Crippen molar-refractivity contribution < 1.29 is 9.59 Å². The fourth-order valence-electron chi connectivity index (χ4n) is 1.87. The van der Waals surface area contributed by atoms with Crippen LogP contribution in [0.3, 0.4) is 0 Å². The highest BCUT2D eigenvalue weighted by Crippen LogP contribution is 2.18. The molecule has 0 radical (unpaired) electrons. The van der Waals surface area contributed by atoms with E-state index in [9.17, 15) is 9.59 Å². The Balaban J connectivity index is 1.93. The SMILES string of the molecule is CC(C)n1cc(N)cc1C(=O)NCC(=O)NC1CC1. The van der Waals surface area contributed by atoms with Crippen LogP contribution in [0.4, 0.5) is 5.69 Å². The van der Waals surface area contributed by atoms with Gasteiger partial charge in [0.05, 0.1) is 12.2 Å². The zero-order valence-electron chi connectivity index (χ0n) is 11.3. The number of aromatic nitrogens is 1. The van der Waals surface area contributed by atoms with Crippen LogP contribution in [0.5, 0.6) is 0 Å². The molecule has 1 fully saturated rings. The van der Waals surface area contributed by atoms with Gasteiger partial charge in [0, 0.05) is 18.3 Å². The molecular formula is C13H20N4O2. The van der Waals surface area contributed by atoms with Gasteiger partial charge in [0.2, 0.25) is 5.91 Å². The molecule has 2 amide bonds. The number of hydrogen-bond acceptors (Lipinski definition) is 3. The van der Waals surface area contributed by atoms with Crippen LogP contribution in [0.1, 0.15) is 43.2 Å². The number of nitrogen functional groups attached to an aromatic ring is 1. The summed E-state index contributed by atoms with van der Waals surface area (Å²) in [6.07, 6.45) is 3.79. The summed E-state index contributed by atoms with van der Waals surface area (Å²) in [6.45, 7) is 3.94. The molecular weight excluding hydrogens is 244 g/mol. The Morgan fingerprint density at radius 2 is 2.16 bits per heavy atom. The molecule has 0 saturated heterocycles. The number of amides is 2. The molecule has 0 atom stereocenters. The predicted octanol–water partition coefficient (Wildman–Crippen LogP) is 0.660. The van der Waals surface area contributed by atoms with E-state index in [1.54, 1.807) is 16.8 Å². The highest BCUT2D eigenvalue weighted by molar-refractivity contribution is 5.96. The van der Waals surface area contributed by atoms with Crippen molar-refractivity contribution in [2.45, 2.75) is 38.8 Å². The zero-order valence-corrected chi connectivity index (χ0v) is 11.3. The number of nitrogens with two attached hydrogens (primary N) is 1. The minimum Gasteiger partial charge on any atom is -0.397 e. The van der Waals surface area contributed by atoms with Crippen molar-refractivity contribution in [2.75, 3.05) is 12.3 Å². The lowest BCUT2D eigenvalue weighted by Crippen LogP contribution is -2.38. The third-order valence-corrected chi connectivity index (χ3v) is 3.01. The molecule has 0 unspecified atom stereocenters. The lowest BCUT2D eigenvalue weighted by Gasteiger charge is -2.12. The Labute approximate surface area is 112 Å². The molecule has 4 N–H and O–H groups in total. The number of anilines is 1. The van der Waals surface area contributed by atoms with Gasteiger partial charge in [-0.1, -0.05) is 0 Å². The molecule has 1 saturated carbocycles. The summed E-state index contributed by atoms with van der Waals surface area (Å²) in [5.74, 6) is -0.428. The van der Waals surface area contributed by atoms with E-state index in [0.29, 0.717) is 17.4 Å². The van der Waals surface area contributed by atoms with Gasteiger partial charge >= 0.3 is 0 Å². The molecule has 0 spiro atoms. The van der Waals surface area contributed by atoms with Gasteiger partial charge in [0.15, 0.2) is 0 Å². The van der Waals surface area contributed by atoms with Crippen molar-refractivity contribution in [1.29, 1.82) is 0 Å². The van der Waals surface area contributed by atoms with E-state index < -0.39 is 0 Å². The van der Waals surface area contributed by atoms with Crippen molar-refractivity contribution >= 4 is 17.5 Å². The van der Waals surface area contributed by atoms with E-state index >= 15 is 0 Å². The van der Waals surface area contributed by atoms with Crippen molar-refractivity contribution in [3.63, 3.8) is 0 Å². The van der Waals surface area contributed by atoms with Crippen LogP contribution in [0.15, 0.2) is 12.3 Å². The van der Waals surface area contributed by atoms with Crippen LogP contribution in [0.25, 0.3) is 0 Å². The highest BCUT2D eigenvalue weighted by Gasteiger charge is 2.23. The quantitative estimate of drug-likeness (QED) is 0.730. The molecule has 0 bridgehead atoms. The summed E-state index contributed by atoms with van der Waals surface area (Å²) in [4.78, 5) is 23.5. The number of rotatable bonds is 5. The summed E-state index contributed by atoms with van der Waals surface area (Å²) in [5.41, 5.74) is 6.73. The van der Waals surface area contributed by atoms with Gasteiger partial charge in [0.25, 0.3) is 5.91 Å². The van der Waals surface area contributed by atoms with E-state index in [0.717, 1.165) is 12.8 Å². The van der Waals surface area contributed by atoms with Gasteiger partial charge in [-0.3, -0.25) is 9.59 Å². The Morgan fingerprint density at radius 3 is 2.74 bits per heavy atom. The Hall–Kier alpha value is -1.98. The maximum absolute atomic E-state index is 12.0. The van der Waals surface area contributed by atoms with Crippen molar-refractivity contribution in [3.8, 4) is 0 Å². The molecule has 0 aliphatic heterocycles. The molecule has 1 aliphatic rings. The summed E-state index contributed by atoms with van der Waals surface area (Å²) in [5, 5.41) is 5.43. The van der Waals surface area contributed by atoms with Crippen LogP contribution in [-0.2, 0) is 4.79 Å². The number of carbonyl (C=O) groups excluding carboxylic acids is 2. The topological polar surface area (TPSA) is 89.2 Å². The predicted molar refractivity (Wildman–Crippen MR) is 72.7 cm³/mol. The number of carbonyl (C=O) groups is 2. The molecule has 6 heteroatoms. The third-order valence-electron chi connectivity index (χ3n) is 3.01. The molecule has 1 aromatic rings. The van der Waals surface area contributed by atoms with Crippen LogP contribution in [-0.4, -0.2) is 29.0 Å². The maximum atomic E-state index is 12.0. The average Bonchev–Trinajstić information content (AvgIpc) is 3.05. The fraction of sp³-hybridized carbons (Fsp3) is 0.538. The minimum absolute atomic E-state index is 0.00147. The molecule has 19 heavy (non-hydrogen) atoms. The first-order valence-corrected chi connectivity index (χ1v) is 6.52. The number of nitrogens with zero attached hydrogens (tertiary/aromatic N) is 1. The van der Waals surface area contributed by atoms with Crippen molar-refractivity contribution in [3.05, 3.63) is 18.0 Å². The van der Waals surface area contributed by atoms with Gasteiger partial charge < -0.3 is 20.9 Å². The lowest BCUT2D eigenvalue weighted by atomic mass is 10.3. The molecule has 6 nitrogen and oxygen atoms in total. The Kier molecular flexibility index (Phi) is 3.78. The van der Waals surface area contributed by atoms with Crippen LogP contribution in [0.2, 0.25) is 0 Å². The molecule has 1 heterocycles. The molecule has 1 aromatic heterocycles. The van der Waals surface area contributed by atoms with E-state index in [1.807, 2.05) is 13.8 Å². The first-order chi connectivity index (χ1) is 8.97. The lowest BCUT2D eigenvalue weighted by molar-refractivity contribution is -0.120. The van der Waals surface area contributed by atoms with Gasteiger partial charge in [-0.25, -0.2) is 0 Å². The van der Waals surface area contributed by atoms with E-state index in [4.69, 9.17) is 5.73 Å². The first kappa shape index (κ1) is 13.5. The Morgan fingerprint density at radius 1 is 1.47 bits per heavy atom. The normalized spacial score (nSPS) is 14.5. The summed E-state index contributed by atoms with van der Waals surface area (Å²) in [6, 6.07) is 2.06. The number of nitrogens with one attached hydrogen (secondary N) is 2. The van der Waals surface area contributed by atoms with Crippen LogP contribution < -0.4 is 16.4 Å². The standard InChI is InChI=1S/C13H20N4O2/c1-8(2)17-7-9(14)5-11(17)13(19)15-6-12(18)16-10-3-4-10/h5,7-8,10H,3-4,6,14H2,1-2H3,(H,15,19)(H,16,18). The van der Waals surface area contributed by atoms with E-state index in [-0.39, 0.29) is 24.4 Å². The second-order valence-electron chi connectivity index (χ2n) is 5.18. The maximum Gasteiger partial charge on any atom is 0.268 e. The van der Waals surface area contributed by atoms with Gasteiger partial charge in [0.1, 0.15) is 5.69 Å². The Bertz CT molecular complexity index is 489. The van der Waals surface area contributed by atoms with Crippen LogP contribution in [0, 0.1) is 0 Å². The summed E-state index contributed by atoms with van der Waals surface area (Å²) >= 11 is 0. The second kappa shape index (κ2) is 5.34. The third kappa shape index (κ3) is 3.49. The van der Waals surface area contributed by atoms with E-state index in [2.05, 4.69) is 10.6 Å². The molecule has 0 aromatic carbocycles. The summed E-state index contributed by atoms with van der Waals surface area (Å²) in [7, 11) is 0. The smallest absolute Gasteiger partial charge is 0.268 e. The van der Waals surface area contributed by atoms with Gasteiger partial charge in [-0.05, 0) is 32.8 Å². The second-order valence-corrected chi connectivity index (χ2v) is 5.18. The largest absolute Gasteiger partial charge is 0.397 e.